The SMILES string of the molecule is O=C(O)CC(Cl)CC1C2CC3CC(C2)CC1C3. The molecule has 4 rings (SSSR count). The van der Waals surface area contributed by atoms with Crippen LogP contribution in [0.5, 0.6) is 0 Å². The number of carbonyl (C=O) groups is 1. The lowest BCUT2D eigenvalue weighted by atomic mass is 9.51. The summed E-state index contributed by atoms with van der Waals surface area (Å²) in [5.74, 6) is 3.67. The summed E-state index contributed by atoms with van der Waals surface area (Å²) in [5, 5.41) is 8.62. The van der Waals surface area contributed by atoms with Gasteiger partial charge in [-0.25, -0.2) is 0 Å². The third kappa shape index (κ3) is 2.33. The highest BCUT2D eigenvalue weighted by molar-refractivity contribution is 6.21. The van der Waals surface area contributed by atoms with Gasteiger partial charge in [-0.1, -0.05) is 0 Å². The van der Waals surface area contributed by atoms with Gasteiger partial charge in [0.1, 0.15) is 0 Å². The van der Waals surface area contributed by atoms with Crippen LogP contribution < -0.4 is 0 Å². The van der Waals surface area contributed by atoms with Gasteiger partial charge in [-0.2, -0.15) is 0 Å². The van der Waals surface area contributed by atoms with E-state index < -0.39 is 5.97 Å². The maximum absolute atomic E-state index is 10.7. The molecular weight excluding hydrogens is 236 g/mol. The largest absolute Gasteiger partial charge is 0.481 e. The van der Waals surface area contributed by atoms with E-state index >= 15 is 0 Å². The van der Waals surface area contributed by atoms with Gasteiger partial charge < -0.3 is 5.11 Å². The van der Waals surface area contributed by atoms with Gasteiger partial charge in [0.15, 0.2) is 0 Å². The zero-order valence-corrected chi connectivity index (χ0v) is 10.9. The van der Waals surface area contributed by atoms with Crippen molar-refractivity contribution in [1.29, 1.82) is 0 Å². The molecule has 96 valence electrons. The van der Waals surface area contributed by atoms with E-state index in [9.17, 15) is 4.79 Å². The minimum atomic E-state index is -0.756. The highest BCUT2D eigenvalue weighted by Crippen LogP contribution is 2.57. The van der Waals surface area contributed by atoms with Crippen LogP contribution in [0.1, 0.15) is 44.9 Å². The Kier molecular flexibility index (Phi) is 3.10. The van der Waals surface area contributed by atoms with Gasteiger partial charge >= 0.3 is 5.97 Å². The van der Waals surface area contributed by atoms with Gasteiger partial charge in [-0.15, -0.1) is 11.6 Å². The molecule has 0 spiro atoms. The number of hydrogen-bond acceptors (Lipinski definition) is 1. The summed E-state index contributed by atoms with van der Waals surface area (Å²) in [6.45, 7) is 0. The topological polar surface area (TPSA) is 37.3 Å². The summed E-state index contributed by atoms with van der Waals surface area (Å²) in [5.41, 5.74) is 0. The summed E-state index contributed by atoms with van der Waals surface area (Å²) in [4.78, 5) is 10.7. The number of rotatable bonds is 4. The Hall–Kier alpha value is -0.240. The number of carboxylic acid groups (broad SMARTS) is 1. The molecule has 0 saturated heterocycles. The molecule has 4 fully saturated rings. The van der Waals surface area contributed by atoms with Crippen molar-refractivity contribution in [2.24, 2.45) is 29.6 Å². The van der Waals surface area contributed by atoms with Crippen LogP contribution in [-0.2, 0) is 4.79 Å². The maximum Gasteiger partial charge on any atom is 0.304 e. The number of alkyl halides is 1. The first-order chi connectivity index (χ1) is 8.11. The zero-order valence-electron chi connectivity index (χ0n) is 10.1. The first-order valence-electron chi connectivity index (χ1n) is 6.97. The predicted octanol–water partition coefficient (Wildman–Crippen LogP) is 3.53. The number of halogens is 1. The second kappa shape index (κ2) is 4.46. The van der Waals surface area contributed by atoms with E-state index in [1.54, 1.807) is 0 Å². The first-order valence-corrected chi connectivity index (χ1v) is 7.41. The lowest BCUT2D eigenvalue weighted by Gasteiger charge is -2.55. The normalized spacial score (nSPS) is 44.9. The van der Waals surface area contributed by atoms with Crippen LogP contribution in [0.3, 0.4) is 0 Å². The fraction of sp³-hybridized carbons (Fsp3) is 0.929. The van der Waals surface area contributed by atoms with Crippen LogP contribution in [-0.4, -0.2) is 16.5 Å². The lowest BCUT2D eigenvalue weighted by molar-refractivity contribution is -0.137. The third-order valence-electron chi connectivity index (χ3n) is 5.35. The summed E-state index contributed by atoms with van der Waals surface area (Å²) in [6, 6.07) is 0. The van der Waals surface area contributed by atoms with E-state index in [2.05, 4.69) is 0 Å². The average Bonchev–Trinajstić information content (AvgIpc) is 2.21. The summed E-state index contributed by atoms with van der Waals surface area (Å²) in [6.07, 6.45) is 8.12. The van der Waals surface area contributed by atoms with Gasteiger partial charge in [0.2, 0.25) is 0 Å². The molecule has 0 aliphatic heterocycles. The van der Waals surface area contributed by atoms with E-state index in [4.69, 9.17) is 16.7 Å². The summed E-state index contributed by atoms with van der Waals surface area (Å²) < 4.78 is 0. The monoisotopic (exact) mass is 256 g/mol. The van der Waals surface area contributed by atoms with E-state index in [0.29, 0.717) is 0 Å². The molecule has 0 aromatic heterocycles. The van der Waals surface area contributed by atoms with Crippen LogP contribution in [0.25, 0.3) is 0 Å². The Labute approximate surface area is 108 Å². The van der Waals surface area contributed by atoms with Crippen molar-refractivity contribution in [2.45, 2.75) is 50.3 Å². The fourth-order valence-electron chi connectivity index (χ4n) is 4.99. The molecule has 4 bridgehead atoms. The molecule has 3 heteroatoms. The van der Waals surface area contributed by atoms with Gasteiger partial charge in [0, 0.05) is 5.38 Å². The second-order valence-electron chi connectivity index (χ2n) is 6.53. The van der Waals surface area contributed by atoms with Gasteiger partial charge in [0.25, 0.3) is 0 Å². The van der Waals surface area contributed by atoms with E-state index in [1.807, 2.05) is 0 Å². The standard InChI is InChI=1S/C14H21ClO2/c15-12(7-14(16)17)6-13-10-2-8-1-9(4-10)5-11(13)3-8/h8-13H,1-7H2,(H,16,17). The molecule has 17 heavy (non-hydrogen) atoms. The number of aliphatic carboxylic acids is 1. The van der Waals surface area contributed by atoms with Crippen LogP contribution in [0, 0.1) is 29.6 Å². The van der Waals surface area contributed by atoms with Crippen molar-refractivity contribution in [2.75, 3.05) is 0 Å². The Morgan fingerprint density at radius 2 is 1.65 bits per heavy atom. The molecule has 0 heterocycles. The second-order valence-corrected chi connectivity index (χ2v) is 7.14. The molecule has 1 atom stereocenters. The molecule has 4 aliphatic carbocycles. The summed E-state index contributed by atoms with van der Waals surface area (Å²) in [7, 11) is 0. The zero-order chi connectivity index (χ0) is 12.0. The van der Waals surface area contributed by atoms with E-state index in [1.165, 1.54) is 32.1 Å². The predicted molar refractivity (Wildman–Crippen MR) is 67.0 cm³/mol. The van der Waals surface area contributed by atoms with Crippen LogP contribution in [0.2, 0.25) is 0 Å². The highest BCUT2D eigenvalue weighted by Gasteiger charge is 2.48. The molecular formula is C14H21ClO2. The van der Waals surface area contributed by atoms with Crippen molar-refractivity contribution < 1.29 is 9.90 Å². The fourth-order valence-corrected chi connectivity index (χ4v) is 5.33. The molecule has 0 amide bonds. The van der Waals surface area contributed by atoms with Gasteiger partial charge in [-0.05, 0) is 68.1 Å². The molecule has 2 nitrogen and oxygen atoms in total. The van der Waals surface area contributed by atoms with Crippen molar-refractivity contribution in [3.63, 3.8) is 0 Å². The third-order valence-corrected chi connectivity index (χ3v) is 5.68. The van der Waals surface area contributed by atoms with Gasteiger partial charge in [-0.3, -0.25) is 4.79 Å². The lowest BCUT2D eigenvalue weighted by Crippen LogP contribution is -2.45. The summed E-state index contributed by atoms with van der Waals surface area (Å²) >= 11 is 6.19. The Bertz CT molecular complexity index is 287. The number of carboxylic acids is 1. The van der Waals surface area contributed by atoms with Crippen LogP contribution in [0.15, 0.2) is 0 Å². The van der Waals surface area contributed by atoms with Crippen molar-refractivity contribution in [3.05, 3.63) is 0 Å². The maximum atomic E-state index is 10.7. The van der Waals surface area contributed by atoms with Crippen LogP contribution in [0.4, 0.5) is 0 Å². The highest BCUT2D eigenvalue weighted by atomic mass is 35.5. The molecule has 0 radical (unpaired) electrons. The smallest absolute Gasteiger partial charge is 0.304 e. The number of hydrogen-bond donors (Lipinski definition) is 1. The molecule has 1 N–H and O–H groups in total. The Morgan fingerprint density at radius 1 is 1.12 bits per heavy atom. The minimum absolute atomic E-state index is 0.129. The molecule has 0 aromatic carbocycles. The van der Waals surface area contributed by atoms with Crippen LogP contribution >= 0.6 is 11.6 Å². The Morgan fingerprint density at radius 3 is 2.12 bits per heavy atom. The average molecular weight is 257 g/mol. The Balaban J connectivity index is 1.62. The van der Waals surface area contributed by atoms with E-state index in [0.717, 1.165) is 36.0 Å². The first kappa shape index (κ1) is 11.8. The molecule has 4 aliphatic rings. The van der Waals surface area contributed by atoms with Crippen molar-refractivity contribution in [3.8, 4) is 0 Å². The minimum Gasteiger partial charge on any atom is -0.481 e. The molecule has 0 aromatic rings. The van der Waals surface area contributed by atoms with Crippen molar-refractivity contribution in [1.82, 2.24) is 0 Å². The van der Waals surface area contributed by atoms with Crippen molar-refractivity contribution >= 4 is 17.6 Å². The quantitative estimate of drug-likeness (QED) is 0.782. The van der Waals surface area contributed by atoms with E-state index in [-0.39, 0.29) is 11.8 Å². The molecule has 1 unspecified atom stereocenters. The molecule has 4 saturated carbocycles. The van der Waals surface area contributed by atoms with Gasteiger partial charge in [0.05, 0.1) is 6.42 Å².